The maximum absolute atomic E-state index is 4.18. The molecule has 2 rings (SSSR count). The van der Waals surface area contributed by atoms with E-state index in [1.165, 1.54) is 49.7 Å². The van der Waals surface area contributed by atoms with Crippen LogP contribution in [0, 0.1) is 5.92 Å². The van der Waals surface area contributed by atoms with Crippen molar-refractivity contribution in [1.82, 2.24) is 0 Å². The Bertz CT molecular complexity index is 255. The molecule has 0 amide bonds. The SMILES string of the molecule is C=C1CCCCC2C=CCCC1=C2. The third-order valence-electron chi connectivity index (χ3n) is 3.10. The van der Waals surface area contributed by atoms with E-state index < -0.39 is 0 Å². The van der Waals surface area contributed by atoms with E-state index in [0.29, 0.717) is 5.92 Å². The third-order valence-corrected chi connectivity index (χ3v) is 3.10. The van der Waals surface area contributed by atoms with Crippen LogP contribution in [0.4, 0.5) is 0 Å². The molecule has 2 aliphatic carbocycles. The van der Waals surface area contributed by atoms with E-state index in [1.807, 2.05) is 0 Å². The van der Waals surface area contributed by atoms with Gasteiger partial charge in [-0.1, -0.05) is 36.8 Å². The van der Waals surface area contributed by atoms with Gasteiger partial charge in [0.05, 0.1) is 0 Å². The van der Waals surface area contributed by atoms with Gasteiger partial charge in [-0.25, -0.2) is 0 Å². The van der Waals surface area contributed by atoms with Gasteiger partial charge >= 0.3 is 0 Å². The van der Waals surface area contributed by atoms with Crippen LogP contribution in [0.15, 0.2) is 36.0 Å². The summed E-state index contributed by atoms with van der Waals surface area (Å²) in [6, 6.07) is 0. The number of hydrogen-bond acceptors (Lipinski definition) is 0. The van der Waals surface area contributed by atoms with E-state index in [0.717, 1.165) is 0 Å². The molecule has 0 fully saturated rings. The lowest BCUT2D eigenvalue weighted by Crippen LogP contribution is -1.99. The second-order valence-electron chi connectivity index (χ2n) is 4.17. The first-order chi connectivity index (χ1) is 6.36. The van der Waals surface area contributed by atoms with E-state index in [2.05, 4.69) is 24.8 Å². The van der Waals surface area contributed by atoms with Crippen LogP contribution in [0.5, 0.6) is 0 Å². The minimum Gasteiger partial charge on any atom is -0.0956 e. The zero-order chi connectivity index (χ0) is 9.10. The quantitative estimate of drug-likeness (QED) is 0.487. The van der Waals surface area contributed by atoms with Crippen LogP contribution in [0.3, 0.4) is 0 Å². The molecule has 0 aromatic heterocycles. The number of fused-ring (bicyclic) bond motifs is 1. The predicted octanol–water partition coefficient (Wildman–Crippen LogP) is 4.01. The largest absolute Gasteiger partial charge is 0.0956 e. The van der Waals surface area contributed by atoms with Crippen molar-refractivity contribution in [2.45, 2.75) is 38.5 Å². The summed E-state index contributed by atoms with van der Waals surface area (Å²) < 4.78 is 0. The Morgan fingerprint density at radius 2 is 2.15 bits per heavy atom. The topological polar surface area (TPSA) is 0 Å². The van der Waals surface area contributed by atoms with Crippen molar-refractivity contribution in [2.75, 3.05) is 0 Å². The molecule has 0 nitrogen and oxygen atoms in total. The van der Waals surface area contributed by atoms with Crippen molar-refractivity contribution in [3.05, 3.63) is 36.0 Å². The Labute approximate surface area is 81.0 Å². The van der Waals surface area contributed by atoms with Gasteiger partial charge < -0.3 is 0 Å². The lowest BCUT2D eigenvalue weighted by molar-refractivity contribution is 0.605. The van der Waals surface area contributed by atoms with Gasteiger partial charge in [-0.3, -0.25) is 0 Å². The van der Waals surface area contributed by atoms with Crippen LogP contribution in [-0.2, 0) is 0 Å². The van der Waals surface area contributed by atoms with Crippen molar-refractivity contribution in [3.8, 4) is 0 Å². The van der Waals surface area contributed by atoms with Crippen LogP contribution < -0.4 is 0 Å². The monoisotopic (exact) mass is 174 g/mol. The molecule has 0 aliphatic heterocycles. The molecular formula is C13H18. The molecule has 2 aliphatic rings. The minimum absolute atomic E-state index is 0.703. The summed E-state index contributed by atoms with van der Waals surface area (Å²) in [5.41, 5.74) is 2.93. The van der Waals surface area contributed by atoms with Gasteiger partial charge in [0.2, 0.25) is 0 Å². The van der Waals surface area contributed by atoms with Crippen LogP contribution in [0.1, 0.15) is 38.5 Å². The Morgan fingerprint density at radius 1 is 1.23 bits per heavy atom. The number of hydrogen-bond donors (Lipinski definition) is 0. The summed E-state index contributed by atoms with van der Waals surface area (Å²) >= 11 is 0. The van der Waals surface area contributed by atoms with Crippen molar-refractivity contribution < 1.29 is 0 Å². The van der Waals surface area contributed by atoms with Crippen molar-refractivity contribution in [3.63, 3.8) is 0 Å². The molecule has 0 heteroatoms. The zero-order valence-corrected chi connectivity index (χ0v) is 8.26. The van der Waals surface area contributed by atoms with Crippen LogP contribution in [0.25, 0.3) is 0 Å². The van der Waals surface area contributed by atoms with E-state index >= 15 is 0 Å². The molecule has 0 saturated heterocycles. The van der Waals surface area contributed by atoms with Crippen LogP contribution in [0.2, 0.25) is 0 Å². The first-order valence-corrected chi connectivity index (χ1v) is 5.42. The molecule has 0 saturated carbocycles. The van der Waals surface area contributed by atoms with E-state index in [9.17, 15) is 0 Å². The van der Waals surface area contributed by atoms with E-state index in [-0.39, 0.29) is 0 Å². The normalized spacial score (nSPS) is 28.8. The fourth-order valence-corrected chi connectivity index (χ4v) is 2.26. The first kappa shape index (κ1) is 8.80. The minimum atomic E-state index is 0.703. The highest BCUT2D eigenvalue weighted by atomic mass is 14.2. The second-order valence-corrected chi connectivity index (χ2v) is 4.17. The average molecular weight is 174 g/mol. The molecule has 0 aromatic carbocycles. The number of allylic oxidation sites excluding steroid dienone is 5. The highest BCUT2D eigenvalue weighted by Gasteiger charge is 2.12. The van der Waals surface area contributed by atoms with Crippen molar-refractivity contribution in [1.29, 1.82) is 0 Å². The van der Waals surface area contributed by atoms with Gasteiger partial charge in [0.1, 0.15) is 0 Å². The molecule has 1 atom stereocenters. The zero-order valence-electron chi connectivity index (χ0n) is 8.26. The van der Waals surface area contributed by atoms with Crippen LogP contribution >= 0.6 is 0 Å². The smallest absolute Gasteiger partial charge is 0.00476 e. The van der Waals surface area contributed by atoms with Gasteiger partial charge in [0.15, 0.2) is 0 Å². The molecule has 1 unspecified atom stereocenters. The lowest BCUT2D eigenvalue weighted by atomic mass is 9.90. The van der Waals surface area contributed by atoms with Crippen LogP contribution in [-0.4, -0.2) is 0 Å². The summed E-state index contributed by atoms with van der Waals surface area (Å²) in [4.78, 5) is 0. The third kappa shape index (κ3) is 2.12. The fraction of sp³-hybridized carbons (Fsp3) is 0.538. The molecule has 0 N–H and O–H groups in total. The predicted molar refractivity (Wildman–Crippen MR) is 57.6 cm³/mol. The summed E-state index contributed by atoms with van der Waals surface area (Å²) in [6.07, 6.45) is 14.8. The Hall–Kier alpha value is -0.780. The van der Waals surface area contributed by atoms with Gasteiger partial charge in [-0.15, -0.1) is 0 Å². The van der Waals surface area contributed by atoms with E-state index in [4.69, 9.17) is 0 Å². The summed E-state index contributed by atoms with van der Waals surface area (Å²) in [6.45, 7) is 4.18. The highest BCUT2D eigenvalue weighted by Crippen LogP contribution is 2.30. The second kappa shape index (κ2) is 3.95. The lowest BCUT2D eigenvalue weighted by Gasteiger charge is -2.16. The Morgan fingerprint density at radius 3 is 3.08 bits per heavy atom. The van der Waals surface area contributed by atoms with Gasteiger partial charge in [0, 0.05) is 0 Å². The summed E-state index contributed by atoms with van der Waals surface area (Å²) in [5.74, 6) is 0.703. The Kier molecular flexibility index (Phi) is 2.68. The summed E-state index contributed by atoms with van der Waals surface area (Å²) in [7, 11) is 0. The van der Waals surface area contributed by atoms with Gasteiger partial charge in [-0.2, -0.15) is 0 Å². The van der Waals surface area contributed by atoms with Gasteiger partial charge in [0.25, 0.3) is 0 Å². The highest BCUT2D eigenvalue weighted by molar-refractivity contribution is 5.32. The molecule has 2 bridgehead atoms. The molecular weight excluding hydrogens is 156 g/mol. The van der Waals surface area contributed by atoms with Gasteiger partial charge in [-0.05, 0) is 43.6 Å². The average Bonchev–Trinajstić information content (AvgIpc) is 2.36. The molecule has 0 spiro atoms. The van der Waals surface area contributed by atoms with Crippen molar-refractivity contribution >= 4 is 0 Å². The Balaban J connectivity index is 2.22. The first-order valence-electron chi connectivity index (χ1n) is 5.42. The van der Waals surface area contributed by atoms with E-state index in [1.54, 1.807) is 0 Å². The maximum atomic E-state index is 4.18. The number of rotatable bonds is 0. The van der Waals surface area contributed by atoms with Crippen molar-refractivity contribution in [2.24, 2.45) is 5.92 Å². The molecule has 0 heterocycles. The maximum Gasteiger partial charge on any atom is -0.00476 e. The molecule has 13 heavy (non-hydrogen) atoms. The molecule has 70 valence electrons. The standard InChI is InChI=1S/C13H18/c1-11-6-2-3-7-12-8-4-5-9-13(11)10-12/h4,8,10,12H,1-3,5-7,9H2. The summed E-state index contributed by atoms with van der Waals surface area (Å²) in [5, 5.41) is 0. The fourth-order valence-electron chi connectivity index (χ4n) is 2.26. The molecule has 0 aromatic rings. The molecule has 0 radical (unpaired) electrons.